The van der Waals surface area contributed by atoms with E-state index in [1.54, 1.807) is 13.2 Å². The molecular weight excluding hydrogens is 345 g/mol. The highest BCUT2D eigenvalue weighted by atomic mass is 35.5. The van der Waals surface area contributed by atoms with E-state index in [1.165, 1.54) is 0 Å². The minimum absolute atomic E-state index is 0.509. The van der Waals surface area contributed by atoms with Gasteiger partial charge in [-0.05, 0) is 42.8 Å². The molecule has 2 aromatic rings. The smallest absolute Gasteiger partial charge is 0.179 e. The molecule has 0 unspecified atom stereocenters. The molecule has 6 heteroatoms. The number of halogens is 3. The molecule has 0 spiro atoms. The van der Waals surface area contributed by atoms with Crippen LogP contribution in [0.5, 0.6) is 11.5 Å². The molecule has 0 bridgehead atoms. The van der Waals surface area contributed by atoms with Crippen molar-refractivity contribution in [1.29, 1.82) is 0 Å². The zero-order valence-corrected chi connectivity index (χ0v) is 14.5. The van der Waals surface area contributed by atoms with Crippen LogP contribution in [0.4, 0.5) is 5.69 Å². The molecule has 0 aliphatic rings. The molecular formula is C16H16Cl3NO2. The molecule has 0 saturated heterocycles. The van der Waals surface area contributed by atoms with Crippen molar-refractivity contribution >= 4 is 40.5 Å². The van der Waals surface area contributed by atoms with E-state index < -0.39 is 0 Å². The van der Waals surface area contributed by atoms with E-state index in [9.17, 15) is 0 Å². The van der Waals surface area contributed by atoms with Gasteiger partial charge < -0.3 is 14.8 Å². The van der Waals surface area contributed by atoms with Crippen LogP contribution in [0.25, 0.3) is 0 Å². The zero-order chi connectivity index (χ0) is 16.1. The van der Waals surface area contributed by atoms with Crippen LogP contribution in [0, 0.1) is 0 Å². The second kappa shape index (κ2) is 7.82. The largest absolute Gasteiger partial charge is 0.491 e. The van der Waals surface area contributed by atoms with Crippen molar-refractivity contribution in [2.24, 2.45) is 0 Å². The van der Waals surface area contributed by atoms with Gasteiger partial charge in [0.25, 0.3) is 0 Å². The SMILES string of the molecule is CCOc1cc(CNc2cc(Cl)cc(Cl)c2)cc(Cl)c1OC. The van der Waals surface area contributed by atoms with Crippen molar-refractivity contribution in [3.8, 4) is 11.5 Å². The fourth-order valence-corrected chi connectivity index (χ4v) is 2.88. The Bertz CT molecular complexity index is 642. The summed E-state index contributed by atoms with van der Waals surface area (Å²) in [5.74, 6) is 1.16. The summed E-state index contributed by atoms with van der Waals surface area (Å²) in [7, 11) is 1.57. The molecule has 0 fully saturated rings. The maximum Gasteiger partial charge on any atom is 0.179 e. The molecule has 0 heterocycles. The van der Waals surface area contributed by atoms with E-state index in [4.69, 9.17) is 44.3 Å². The first-order valence-electron chi connectivity index (χ1n) is 6.72. The van der Waals surface area contributed by atoms with Gasteiger partial charge in [-0.1, -0.05) is 34.8 Å². The standard InChI is InChI=1S/C16H16Cl3NO2/c1-3-22-15-5-10(4-14(19)16(15)21-2)9-20-13-7-11(17)6-12(18)8-13/h4-8,20H,3,9H2,1-2H3. The average Bonchev–Trinajstić information content (AvgIpc) is 2.44. The third-order valence-electron chi connectivity index (χ3n) is 2.93. The Hall–Kier alpha value is -1.29. The lowest BCUT2D eigenvalue weighted by Gasteiger charge is -2.14. The average molecular weight is 361 g/mol. The van der Waals surface area contributed by atoms with Crippen molar-refractivity contribution in [1.82, 2.24) is 0 Å². The quantitative estimate of drug-likeness (QED) is 0.720. The van der Waals surface area contributed by atoms with Gasteiger partial charge in [-0.2, -0.15) is 0 Å². The van der Waals surface area contributed by atoms with Gasteiger partial charge in [0.2, 0.25) is 0 Å². The molecule has 0 saturated carbocycles. The number of benzene rings is 2. The summed E-state index contributed by atoms with van der Waals surface area (Å²) in [5.41, 5.74) is 1.80. The number of nitrogens with one attached hydrogen (secondary N) is 1. The van der Waals surface area contributed by atoms with Gasteiger partial charge in [0.05, 0.1) is 18.7 Å². The summed E-state index contributed by atoms with van der Waals surface area (Å²) in [4.78, 5) is 0. The Balaban J connectivity index is 2.18. The Morgan fingerprint density at radius 1 is 1.00 bits per heavy atom. The predicted octanol–water partition coefficient (Wildman–Crippen LogP) is 5.67. The molecule has 0 amide bonds. The second-order valence-corrected chi connectivity index (χ2v) is 5.83. The minimum atomic E-state index is 0.509. The van der Waals surface area contributed by atoms with Gasteiger partial charge >= 0.3 is 0 Å². The fourth-order valence-electron chi connectivity index (χ4n) is 2.04. The van der Waals surface area contributed by atoms with Gasteiger partial charge in [0, 0.05) is 22.3 Å². The monoisotopic (exact) mass is 359 g/mol. The number of hydrogen-bond donors (Lipinski definition) is 1. The first-order chi connectivity index (χ1) is 10.5. The summed E-state index contributed by atoms with van der Waals surface area (Å²) in [6.45, 7) is 3.00. The molecule has 0 radical (unpaired) electrons. The van der Waals surface area contributed by atoms with E-state index in [1.807, 2.05) is 31.2 Å². The minimum Gasteiger partial charge on any atom is -0.491 e. The molecule has 0 atom stereocenters. The van der Waals surface area contributed by atoms with Crippen LogP contribution in [0.2, 0.25) is 15.1 Å². The fraction of sp³-hybridized carbons (Fsp3) is 0.250. The summed E-state index contributed by atoms with van der Waals surface area (Å²) in [6.07, 6.45) is 0. The first kappa shape index (κ1) is 17.1. The van der Waals surface area contributed by atoms with Crippen molar-refractivity contribution in [2.45, 2.75) is 13.5 Å². The van der Waals surface area contributed by atoms with E-state index in [0.29, 0.717) is 39.7 Å². The number of ether oxygens (including phenoxy) is 2. The third kappa shape index (κ3) is 4.35. The maximum atomic E-state index is 6.23. The van der Waals surface area contributed by atoms with E-state index in [2.05, 4.69) is 5.32 Å². The zero-order valence-electron chi connectivity index (χ0n) is 12.3. The normalized spacial score (nSPS) is 10.4. The molecule has 2 rings (SSSR count). The van der Waals surface area contributed by atoms with Crippen LogP contribution in [-0.2, 0) is 6.54 Å². The van der Waals surface area contributed by atoms with E-state index in [0.717, 1.165) is 11.3 Å². The molecule has 22 heavy (non-hydrogen) atoms. The van der Waals surface area contributed by atoms with Crippen LogP contribution in [0.1, 0.15) is 12.5 Å². The Morgan fingerprint density at radius 3 is 2.27 bits per heavy atom. The summed E-state index contributed by atoms with van der Waals surface area (Å²) in [5, 5.41) is 4.92. The second-order valence-electron chi connectivity index (χ2n) is 4.55. The van der Waals surface area contributed by atoms with Crippen molar-refractivity contribution < 1.29 is 9.47 Å². The Kier molecular flexibility index (Phi) is 6.07. The molecule has 0 aliphatic heterocycles. The van der Waals surface area contributed by atoms with Gasteiger partial charge in [0.15, 0.2) is 11.5 Å². The van der Waals surface area contributed by atoms with E-state index in [-0.39, 0.29) is 0 Å². The highest BCUT2D eigenvalue weighted by molar-refractivity contribution is 6.35. The summed E-state index contributed by atoms with van der Waals surface area (Å²) >= 11 is 18.2. The lowest BCUT2D eigenvalue weighted by molar-refractivity contribution is 0.310. The van der Waals surface area contributed by atoms with Gasteiger partial charge in [-0.15, -0.1) is 0 Å². The highest BCUT2D eigenvalue weighted by Crippen LogP contribution is 2.36. The molecule has 0 aromatic heterocycles. The van der Waals surface area contributed by atoms with Gasteiger partial charge in [0.1, 0.15) is 0 Å². The van der Waals surface area contributed by atoms with Crippen LogP contribution < -0.4 is 14.8 Å². The topological polar surface area (TPSA) is 30.5 Å². The number of hydrogen-bond acceptors (Lipinski definition) is 3. The lowest BCUT2D eigenvalue weighted by atomic mass is 10.2. The van der Waals surface area contributed by atoms with Crippen molar-refractivity contribution in [2.75, 3.05) is 19.0 Å². The highest BCUT2D eigenvalue weighted by Gasteiger charge is 2.11. The number of anilines is 1. The maximum absolute atomic E-state index is 6.23. The first-order valence-corrected chi connectivity index (χ1v) is 7.86. The van der Waals surface area contributed by atoms with Crippen molar-refractivity contribution in [3.05, 3.63) is 51.0 Å². The number of methoxy groups -OCH3 is 1. The van der Waals surface area contributed by atoms with Gasteiger partial charge in [-0.25, -0.2) is 0 Å². The predicted molar refractivity (Wildman–Crippen MR) is 93.0 cm³/mol. The molecule has 2 aromatic carbocycles. The molecule has 3 nitrogen and oxygen atoms in total. The van der Waals surface area contributed by atoms with Crippen LogP contribution in [0.3, 0.4) is 0 Å². The Labute approximate surface area is 145 Å². The molecule has 1 N–H and O–H groups in total. The lowest BCUT2D eigenvalue weighted by Crippen LogP contribution is -2.02. The molecule has 0 aliphatic carbocycles. The summed E-state index contributed by atoms with van der Waals surface area (Å²) in [6, 6.07) is 9.03. The van der Waals surface area contributed by atoms with Crippen LogP contribution in [-0.4, -0.2) is 13.7 Å². The Morgan fingerprint density at radius 2 is 1.68 bits per heavy atom. The van der Waals surface area contributed by atoms with E-state index >= 15 is 0 Å². The van der Waals surface area contributed by atoms with Crippen LogP contribution in [0.15, 0.2) is 30.3 Å². The van der Waals surface area contributed by atoms with Crippen molar-refractivity contribution in [3.63, 3.8) is 0 Å². The van der Waals surface area contributed by atoms with Crippen LogP contribution >= 0.6 is 34.8 Å². The number of rotatable bonds is 6. The summed E-state index contributed by atoms with van der Waals surface area (Å²) < 4.78 is 10.8. The van der Waals surface area contributed by atoms with Gasteiger partial charge in [-0.3, -0.25) is 0 Å². The molecule has 118 valence electrons. The third-order valence-corrected chi connectivity index (χ3v) is 3.65.